The second-order valence-electron chi connectivity index (χ2n) is 12.4. The standard InChI is InChI=1S/C33H42Cl2N6O6/c1-19(2)27(28(43)37-20(3)29(44)41-15-7-8-25(40-41)30(45)47-18-33(6,34)35)39-31(46)32(5,17-36)14-13-22-9-10-23-11-12-24(21(4)42)38-26(23)16-22/h9-14,16,19-21,25,27,40,42H,7-8,15,18H2,1-6H3,(H,37,43)(H,39,46). The lowest BCUT2D eigenvalue weighted by atomic mass is 9.89. The zero-order chi connectivity index (χ0) is 35.1. The number of nitriles is 1. The molecular formula is C33H42Cl2N6O6. The van der Waals surface area contributed by atoms with Crippen LogP contribution in [-0.2, 0) is 23.9 Å². The van der Waals surface area contributed by atoms with Crippen LogP contribution in [-0.4, -0.2) is 74.4 Å². The first kappa shape index (κ1) is 37.7. The third-order valence-corrected chi connectivity index (χ3v) is 7.87. The van der Waals surface area contributed by atoms with Gasteiger partial charge < -0.3 is 20.5 Å². The van der Waals surface area contributed by atoms with Crippen molar-refractivity contribution in [3.63, 3.8) is 0 Å². The van der Waals surface area contributed by atoms with Crippen LogP contribution in [0.4, 0.5) is 0 Å². The molecule has 0 saturated carbocycles. The molecule has 4 N–H and O–H groups in total. The molecule has 47 heavy (non-hydrogen) atoms. The van der Waals surface area contributed by atoms with E-state index in [4.69, 9.17) is 27.9 Å². The van der Waals surface area contributed by atoms with Gasteiger partial charge in [-0.2, -0.15) is 5.26 Å². The number of aliphatic hydroxyl groups is 1. The van der Waals surface area contributed by atoms with Gasteiger partial charge in [0, 0.05) is 11.9 Å². The molecule has 5 atom stereocenters. The van der Waals surface area contributed by atoms with E-state index in [0.717, 1.165) is 5.39 Å². The maximum absolute atomic E-state index is 13.4. The summed E-state index contributed by atoms with van der Waals surface area (Å²) in [6.07, 6.45) is 3.30. The van der Waals surface area contributed by atoms with Gasteiger partial charge in [0.15, 0.2) is 5.41 Å². The van der Waals surface area contributed by atoms with Crippen molar-refractivity contribution in [1.82, 2.24) is 26.1 Å². The zero-order valence-electron chi connectivity index (χ0n) is 27.3. The van der Waals surface area contributed by atoms with Crippen LogP contribution in [0, 0.1) is 22.7 Å². The fraction of sp³-hybridized carbons (Fsp3) is 0.515. The number of aliphatic hydroxyl groups excluding tert-OH is 1. The Morgan fingerprint density at radius 3 is 2.47 bits per heavy atom. The first-order valence-corrected chi connectivity index (χ1v) is 16.1. The van der Waals surface area contributed by atoms with Gasteiger partial charge in [-0.15, -0.1) is 0 Å². The van der Waals surface area contributed by atoms with Crippen LogP contribution in [0.3, 0.4) is 0 Å². The zero-order valence-corrected chi connectivity index (χ0v) is 28.9. The Hall–Kier alpha value is -3.76. The highest BCUT2D eigenvalue weighted by molar-refractivity contribution is 6.48. The molecule has 2 aromatic rings. The molecule has 0 aliphatic carbocycles. The summed E-state index contributed by atoms with van der Waals surface area (Å²) in [6, 6.07) is 8.23. The summed E-state index contributed by atoms with van der Waals surface area (Å²) in [5.41, 5.74) is 3.06. The van der Waals surface area contributed by atoms with Crippen molar-refractivity contribution in [2.24, 2.45) is 11.3 Å². The normalized spacial score (nSPS) is 18.6. The first-order valence-electron chi connectivity index (χ1n) is 15.4. The van der Waals surface area contributed by atoms with Crippen LogP contribution in [0.5, 0.6) is 0 Å². The number of carbonyl (C=O) groups excluding carboxylic acids is 4. The molecule has 2 heterocycles. The Bertz CT molecular complexity index is 1550. The van der Waals surface area contributed by atoms with Crippen LogP contribution in [0.1, 0.15) is 71.7 Å². The van der Waals surface area contributed by atoms with Crippen LogP contribution in [0.15, 0.2) is 36.4 Å². The lowest BCUT2D eigenvalue weighted by Gasteiger charge is -2.35. The molecule has 1 aromatic carbocycles. The minimum absolute atomic E-state index is 0.219. The summed E-state index contributed by atoms with van der Waals surface area (Å²) >= 11 is 11.8. The minimum atomic E-state index is -1.63. The number of ether oxygens (including phenoxy) is 1. The van der Waals surface area contributed by atoms with Crippen molar-refractivity contribution < 1.29 is 29.0 Å². The molecule has 3 amide bonds. The van der Waals surface area contributed by atoms with Gasteiger partial charge in [0.2, 0.25) is 11.8 Å². The molecule has 1 saturated heterocycles. The van der Waals surface area contributed by atoms with Crippen LogP contribution in [0.2, 0.25) is 0 Å². The van der Waals surface area contributed by atoms with Crippen molar-refractivity contribution in [3.8, 4) is 6.07 Å². The van der Waals surface area contributed by atoms with Crippen LogP contribution < -0.4 is 16.1 Å². The third-order valence-electron chi connectivity index (χ3n) is 7.65. The van der Waals surface area contributed by atoms with E-state index in [9.17, 15) is 29.5 Å². The average molecular weight is 690 g/mol. The number of nitrogens with one attached hydrogen (secondary N) is 3. The van der Waals surface area contributed by atoms with Crippen molar-refractivity contribution >= 4 is 63.9 Å². The molecule has 1 aromatic heterocycles. The van der Waals surface area contributed by atoms with Crippen molar-refractivity contribution in [2.75, 3.05) is 13.2 Å². The lowest BCUT2D eigenvalue weighted by Crippen LogP contribution is -2.61. The Labute approximate surface area is 284 Å². The van der Waals surface area contributed by atoms with E-state index in [2.05, 4.69) is 21.0 Å². The molecule has 14 heteroatoms. The largest absolute Gasteiger partial charge is 0.461 e. The van der Waals surface area contributed by atoms with Crippen molar-refractivity contribution in [2.45, 2.75) is 82.9 Å². The van der Waals surface area contributed by atoms with Crippen LogP contribution in [0.25, 0.3) is 17.0 Å². The van der Waals surface area contributed by atoms with E-state index >= 15 is 0 Å². The van der Waals surface area contributed by atoms with E-state index in [0.29, 0.717) is 36.2 Å². The number of aromatic nitrogens is 1. The number of benzene rings is 1. The number of hydrazine groups is 1. The number of carbonyl (C=O) groups is 4. The maximum Gasteiger partial charge on any atom is 0.325 e. The highest BCUT2D eigenvalue weighted by atomic mass is 35.5. The summed E-state index contributed by atoms with van der Waals surface area (Å²) in [4.78, 5) is 56.8. The second kappa shape index (κ2) is 15.9. The Balaban J connectivity index is 1.66. The average Bonchev–Trinajstić information content (AvgIpc) is 3.03. The topological polar surface area (TPSA) is 174 Å². The third kappa shape index (κ3) is 10.4. The molecular weight excluding hydrogens is 647 g/mol. The van der Waals surface area contributed by atoms with Crippen molar-refractivity contribution in [1.29, 1.82) is 5.26 Å². The fourth-order valence-electron chi connectivity index (χ4n) is 4.75. The molecule has 1 aliphatic heterocycles. The number of nitrogens with zero attached hydrogens (tertiary/aromatic N) is 3. The van der Waals surface area contributed by atoms with Gasteiger partial charge in [0.25, 0.3) is 5.91 Å². The minimum Gasteiger partial charge on any atom is -0.461 e. The van der Waals surface area contributed by atoms with Gasteiger partial charge in [0.1, 0.15) is 29.1 Å². The molecule has 1 aliphatic rings. The number of esters is 1. The van der Waals surface area contributed by atoms with E-state index < -0.39 is 57.7 Å². The molecule has 254 valence electrons. The van der Waals surface area contributed by atoms with Crippen molar-refractivity contribution in [3.05, 3.63) is 47.7 Å². The quantitative estimate of drug-likeness (QED) is 0.191. The fourth-order valence-corrected chi connectivity index (χ4v) is 4.86. The second-order valence-corrected chi connectivity index (χ2v) is 14.3. The predicted octanol–water partition coefficient (Wildman–Crippen LogP) is 3.71. The molecule has 0 bridgehead atoms. The summed E-state index contributed by atoms with van der Waals surface area (Å²) in [5, 5.41) is 27.3. The number of alkyl halides is 2. The maximum atomic E-state index is 13.4. The summed E-state index contributed by atoms with van der Waals surface area (Å²) in [7, 11) is 0. The Morgan fingerprint density at radius 1 is 1.17 bits per heavy atom. The van der Waals surface area contributed by atoms with E-state index in [1.165, 1.54) is 31.9 Å². The SMILES string of the molecule is CC(NC(=O)C(NC(=O)C(C)(C#N)C=Cc1ccc2ccc(C(C)O)nc2c1)C(C)C)C(=O)N1CCCC(C(=O)OCC(C)(Cl)Cl)N1. The van der Waals surface area contributed by atoms with Gasteiger partial charge in [0.05, 0.1) is 23.4 Å². The number of halogens is 2. The van der Waals surface area contributed by atoms with E-state index in [1.807, 2.05) is 24.3 Å². The van der Waals surface area contributed by atoms with E-state index in [1.54, 1.807) is 39.0 Å². The smallest absolute Gasteiger partial charge is 0.325 e. The number of amides is 3. The summed E-state index contributed by atoms with van der Waals surface area (Å²) in [5.74, 6) is -2.77. The molecule has 12 nitrogen and oxygen atoms in total. The molecule has 0 radical (unpaired) electrons. The highest BCUT2D eigenvalue weighted by Crippen LogP contribution is 2.24. The summed E-state index contributed by atoms with van der Waals surface area (Å²) in [6.45, 7) is 9.60. The summed E-state index contributed by atoms with van der Waals surface area (Å²) < 4.78 is 3.90. The number of pyridine rings is 1. The molecule has 5 unspecified atom stereocenters. The molecule has 3 rings (SSSR count). The Kier molecular flexibility index (Phi) is 12.7. The number of hydrogen-bond donors (Lipinski definition) is 4. The lowest BCUT2D eigenvalue weighted by molar-refractivity contribution is -0.153. The van der Waals surface area contributed by atoms with Gasteiger partial charge in [-0.05, 0) is 64.2 Å². The van der Waals surface area contributed by atoms with E-state index in [-0.39, 0.29) is 12.5 Å². The molecule has 1 fully saturated rings. The van der Waals surface area contributed by atoms with Gasteiger partial charge in [-0.3, -0.25) is 29.2 Å². The number of fused-ring (bicyclic) bond motifs is 1. The predicted molar refractivity (Wildman–Crippen MR) is 178 cm³/mol. The van der Waals surface area contributed by atoms with Crippen LogP contribution >= 0.6 is 23.2 Å². The van der Waals surface area contributed by atoms with Gasteiger partial charge >= 0.3 is 5.97 Å². The highest BCUT2D eigenvalue weighted by Gasteiger charge is 2.37. The first-order chi connectivity index (χ1) is 21.9. The number of hydrogen-bond acceptors (Lipinski definition) is 9. The number of rotatable bonds is 12. The van der Waals surface area contributed by atoms with Gasteiger partial charge in [-0.1, -0.05) is 67.4 Å². The monoisotopic (exact) mass is 688 g/mol. The Morgan fingerprint density at radius 2 is 1.85 bits per heavy atom. The molecule has 0 spiro atoms. The van der Waals surface area contributed by atoms with Gasteiger partial charge in [-0.25, -0.2) is 5.43 Å².